The molecule has 8 nitrogen and oxygen atoms in total. The van der Waals surface area contributed by atoms with E-state index in [0.29, 0.717) is 30.0 Å². The molecule has 3 heterocycles. The summed E-state index contributed by atoms with van der Waals surface area (Å²) in [5.41, 5.74) is 4.55. The molecule has 34 heavy (non-hydrogen) atoms. The lowest BCUT2D eigenvalue weighted by Crippen LogP contribution is -2.47. The van der Waals surface area contributed by atoms with Gasteiger partial charge in [0.2, 0.25) is 0 Å². The van der Waals surface area contributed by atoms with Crippen LogP contribution in [0.25, 0.3) is 22.2 Å². The van der Waals surface area contributed by atoms with Crippen LogP contribution in [0.5, 0.6) is 0 Å². The standard InChI is InChI=1S/C26H25N5O3/c1-33-15-10-27-19-16-20(30-11-13-31(14-12-30)21-8-4-5-9-28-21)24-23-22(19)25(32)17-6-2-3-7-18(17)26(23)34-29-24/h2-9,16,27H,10-15H2,1H3. The summed E-state index contributed by atoms with van der Waals surface area (Å²) in [4.78, 5) is 22.7. The Balaban J connectivity index is 1.42. The maximum Gasteiger partial charge on any atom is 0.196 e. The first kappa shape index (κ1) is 20.7. The number of piperazine rings is 1. The highest BCUT2D eigenvalue weighted by Gasteiger charge is 2.34. The molecular formula is C26H25N5O3. The second kappa shape index (κ2) is 8.46. The fourth-order valence-corrected chi connectivity index (χ4v) is 4.93. The second-order valence-electron chi connectivity index (χ2n) is 8.51. The van der Waals surface area contributed by atoms with Gasteiger partial charge in [-0.1, -0.05) is 35.5 Å². The number of carbonyl (C=O) groups is 1. The number of ether oxygens (including phenoxy) is 1. The number of aromatic nitrogens is 2. The van der Waals surface area contributed by atoms with Crippen molar-refractivity contribution in [3.63, 3.8) is 0 Å². The van der Waals surface area contributed by atoms with E-state index in [9.17, 15) is 4.79 Å². The van der Waals surface area contributed by atoms with E-state index in [1.807, 2.05) is 54.7 Å². The highest BCUT2D eigenvalue weighted by Crippen LogP contribution is 2.45. The predicted octanol–water partition coefficient (Wildman–Crippen LogP) is 3.82. The summed E-state index contributed by atoms with van der Waals surface area (Å²) in [5.74, 6) is 1.64. The summed E-state index contributed by atoms with van der Waals surface area (Å²) in [6.45, 7) is 4.46. The van der Waals surface area contributed by atoms with Crippen LogP contribution in [-0.2, 0) is 4.74 Å². The van der Waals surface area contributed by atoms with Crippen molar-refractivity contribution in [2.45, 2.75) is 0 Å². The average Bonchev–Trinajstić information content (AvgIpc) is 3.34. The van der Waals surface area contributed by atoms with Crippen LogP contribution in [0.15, 0.2) is 59.3 Å². The molecule has 1 N–H and O–H groups in total. The molecule has 2 aromatic carbocycles. The Hall–Kier alpha value is -3.91. The van der Waals surface area contributed by atoms with Crippen LogP contribution in [0.3, 0.4) is 0 Å². The molecule has 1 saturated heterocycles. The van der Waals surface area contributed by atoms with Gasteiger partial charge in [-0.2, -0.15) is 0 Å². The molecule has 1 aliphatic carbocycles. The minimum absolute atomic E-state index is 0.0114. The molecule has 0 spiro atoms. The number of ketones is 1. The van der Waals surface area contributed by atoms with Gasteiger partial charge in [-0.25, -0.2) is 4.98 Å². The largest absolute Gasteiger partial charge is 0.383 e. The van der Waals surface area contributed by atoms with Gasteiger partial charge >= 0.3 is 0 Å². The molecular weight excluding hydrogens is 430 g/mol. The first-order chi connectivity index (χ1) is 16.8. The van der Waals surface area contributed by atoms with Crippen molar-refractivity contribution in [1.29, 1.82) is 0 Å². The van der Waals surface area contributed by atoms with E-state index in [1.54, 1.807) is 7.11 Å². The summed E-state index contributed by atoms with van der Waals surface area (Å²) in [6, 6.07) is 15.6. The van der Waals surface area contributed by atoms with Crippen molar-refractivity contribution in [2.24, 2.45) is 0 Å². The van der Waals surface area contributed by atoms with Crippen LogP contribution in [-0.4, -0.2) is 62.4 Å². The number of anilines is 3. The van der Waals surface area contributed by atoms with Crippen molar-refractivity contribution in [3.05, 3.63) is 65.9 Å². The van der Waals surface area contributed by atoms with Gasteiger partial charge < -0.3 is 24.4 Å². The van der Waals surface area contributed by atoms with Gasteiger partial charge in [0.05, 0.1) is 23.2 Å². The SMILES string of the molecule is COCCNc1cc(N2CCN(c3ccccn3)CC2)c2noc3c2c1C(=O)c1ccccc1-3. The van der Waals surface area contributed by atoms with Crippen LogP contribution in [0.2, 0.25) is 0 Å². The van der Waals surface area contributed by atoms with E-state index >= 15 is 0 Å². The summed E-state index contributed by atoms with van der Waals surface area (Å²) in [5, 5.41) is 8.67. The number of benzene rings is 2. The summed E-state index contributed by atoms with van der Waals surface area (Å²) in [7, 11) is 1.67. The predicted molar refractivity (Wildman–Crippen MR) is 132 cm³/mol. The molecule has 0 saturated carbocycles. The van der Waals surface area contributed by atoms with Crippen molar-refractivity contribution in [2.75, 3.05) is 61.6 Å². The molecule has 172 valence electrons. The third-order valence-electron chi connectivity index (χ3n) is 6.59. The quantitative estimate of drug-likeness (QED) is 0.387. The van der Waals surface area contributed by atoms with E-state index in [-0.39, 0.29) is 5.78 Å². The van der Waals surface area contributed by atoms with E-state index in [4.69, 9.17) is 9.26 Å². The minimum atomic E-state index is -0.0114. The lowest BCUT2D eigenvalue weighted by molar-refractivity contribution is 0.104. The van der Waals surface area contributed by atoms with Gasteiger partial charge in [0.1, 0.15) is 11.3 Å². The fraction of sp³-hybridized carbons (Fsp3) is 0.269. The maximum absolute atomic E-state index is 13.6. The van der Waals surface area contributed by atoms with Crippen LogP contribution in [0.4, 0.5) is 17.2 Å². The van der Waals surface area contributed by atoms with E-state index < -0.39 is 0 Å². The number of carbonyl (C=O) groups excluding carboxylic acids is 1. The number of pyridine rings is 1. The lowest BCUT2D eigenvalue weighted by atomic mass is 9.86. The highest BCUT2D eigenvalue weighted by atomic mass is 16.5. The van der Waals surface area contributed by atoms with Crippen molar-refractivity contribution in [3.8, 4) is 11.3 Å². The fourth-order valence-electron chi connectivity index (χ4n) is 4.93. The minimum Gasteiger partial charge on any atom is -0.383 e. The summed E-state index contributed by atoms with van der Waals surface area (Å²) in [6.07, 6.45) is 1.83. The van der Waals surface area contributed by atoms with Crippen molar-refractivity contribution < 1.29 is 14.1 Å². The topological polar surface area (TPSA) is 83.7 Å². The number of nitrogens with zero attached hydrogens (tertiary/aromatic N) is 4. The van der Waals surface area contributed by atoms with Crippen molar-refractivity contribution >= 4 is 33.9 Å². The Morgan fingerprint density at radius 1 is 1.03 bits per heavy atom. The molecule has 8 heteroatoms. The smallest absolute Gasteiger partial charge is 0.196 e. The molecule has 1 aliphatic heterocycles. The summed E-state index contributed by atoms with van der Waals surface area (Å²) < 4.78 is 11.1. The number of methoxy groups -OCH3 is 1. The molecule has 0 amide bonds. The van der Waals surface area contributed by atoms with E-state index in [2.05, 4.69) is 25.3 Å². The number of fused-ring (bicyclic) bond motifs is 2. The molecule has 0 bridgehead atoms. The number of hydrogen-bond donors (Lipinski definition) is 1. The number of hydrogen-bond acceptors (Lipinski definition) is 8. The van der Waals surface area contributed by atoms with Crippen LogP contribution >= 0.6 is 0 Å². The lowest BCUT2D eigenvalue weighted by Gasteiger charge is -2.37. The Kier molecular flexibility index (Phi) is 5.15. The zero-order chi connectivity index (χ0) is 23.1. The normalized spacial score (nSPS) is 15.0. The zero-order valence-electron chi connectivity index (χ0n) is 19.0. The molecule has 0 unspecified atom stereocenters. The van der Waals surface area contributed by atoms with Gasteiger partial charge in [0, 0.05) is 62.8 Å². The second-order valence-corrected chi connectivity index (χ2v) is 8.51. The average molecular weight is 456 g/mol. The van der Waals surface area contributed by atoms with E-state index in [1.165, 1.54) is 0 Å². The summed E-state index contributed by atoms with van der Waals surface area (Å²) >= 11 is 0. The highest BCUT2D eigenvalue weighted by molar-refractivity contribution is 6.28. The Morgan fingerprint density at radius 2 is 1.79 bits per heavy atom. The molecule has 2 aliphatic rings. The molecule has 6 rings (SSSR count). The zero-order valence-corrected chi connectivity index (χ0v) is 19.0. The van der Waals surface area contributed by atoms with Crippen LogP contribution in [0, 0.1) is 0 Å². The Bertz CT molecular complexity index is 1360. The number of rotatable bonds is 6. The van der Waals surface area contributed by atoms with Crippen LogP contribution in [0.1, 0.15) is 15.9 Å². The third-order valence-corrected chi connectivity index (χ3v) is 6.59. The number of nitrogens with one attached hydrogen (secondary N) is 1. The van der Waals surface area contributed by atoms with Gasteiger partial charge in [0.25, 0.3) is 0 Å². The molecule has 1 fully saturated rings. The van der Waals surface area contributed by atoms with Crippen molar-refractivity contribution in [1.82, 2.24) is 10.1 Å². The van der Waals surface area contributed by atoms with Gasteiger partial charge in [0.15, 0.2) is 11.5 Å². The van der Waals surface area contributed by atoms with Crippen LogP contribution < -0.4 is 15.1 Å². The Morgan fingerprint density at radius 3 is 2.56 bits per heavy atom. The Labute approximate surface area is 197 Å². The molecule has 0 atom stereocenters. The van der Waals surface area contributed by atoms with Gasteiger partial charge in [-0.15, -0.1) is 0 Å². The molecule has 0 radical (unpaired) electrons. The third kappa shape index (κ3) is 3.30. The van der Waals surface area contributed by atoms with E-state index in [0.717, 1.165) is 59.8 Å². The first-order valence-corrected chi connectivity index (χ1v) is 11.5. The first-order valence-electron chi connectivity index (χ1n) is 11.5. The van der Waals surface area contributed by atoms with Gasteiger partial charge in [-0.05, 0) is 18.2 Å². The monoisotopic (exact) mass is 455 g/mol. The molecule has 2 aromatic heterocycles. The van der Waals surface area contributed by atoms with Gasteiger partial charge in [-0.3, -0.25) is 4.79 Å². The molecule has 4 aromatic rings. The maximum atomic E-state index is 13.6.